The number of urea groups is 1. The fourth-order valence-corrected chi connectivity index (χ4v) is 1.93. The lowest BCUT2D eigenvalue weighted by atomic mass is 10.2. The lowest BCUT2D eigenvalue weighted by Crippen LogP contribution is -2.31. The van der Waals surface area contributed by atoms with E-state index < -0.39 is 12.0 Å². The van der Waals surface area contributed by atoms with Crippen molar-refractivity contribution in [2.24, 2.45) is 0 Å². The van der Waals surface area contributed by atoms with Gasteiger partial charge in [-0.15, -0.1) is 0 Å². The summed E-state index contributed by atoms with van der Waals surface area (Å²) in [6, 6.07) is 2.37. The van der Waals surface area contributed by atoms with Gasteiger partial charge < -0.3 is 25.8 Å². The maximum absolute atomic E-state index is 11.7. The highest BCUT2D eigenvalue weighted by atomic mass is 35.5. The summed E-state index contributed by atoms with van der Waals surface area (Å²) in [6.45, 7) is -0.175. The smallest absolute Gasteiger partial charge is 0.319 e. The minimum absolute atomic E-state index is 0.0124. The number of amides is 3. The Morgan fingerprint density at radius 1 is 1.43 bits per heavy atom. The van der Waals surface area contributed by atoms with Gasteiger partial charge in [0.2, 0.25) is 0 Å². The Labute approximate surface area is 124 Å². The average molecular weight is 314 g/mol. The second kappa shape index (κ2) is 6.31. The maximum atomic E-state index is 11.7. The van der Waals surface area contributed by atoms with Gasteiger partial charge in [0, 0.05) is 11.6 Å². The number of nitrogens with one attached hydrogen (secondary N) is 3. The molecule has 0 saturated carbocycles. The van der Waals surface area contributed by atoms with Crippen LogP contribution in [0.2, 0.25) is 5.02 Å². The average Bonchev–Trinajstić information content (AvgIpc) is 2.37. The van der Waals surface area contributed by atoms with E-state index in [1.54, 1.807) is 0 Å². The molecule has 0 saturated heterocycles. The normalized spacial score (nSPS) is 12.7. The first-order valence-electron chi connectivity index (χ1n) is 5.98. The van der Waals surface area contributed by atoms with Crippen LogP contribution in [0.15, 0.2) is 12.1 Å². The number of carboxylic acids is 1. The summed E-state index contributed by atoms with van der Waals surface area (Å²) in [5, 5.41) is 16.2. The Bertz CT molecular complexity index is 605. The van der Waals surface area contributed by atoms with Crippen molar-refractivity contribution >= 4 is 40.9 Å². The van der Waals surface area contributed by atoms with E-state index in [0.717, 1.165) is 0 Å². The van der Waals surface area contributed by atoms with Crippen LogP contribution in [0, 0.1) is 0 Å². The molecule has 0 fully saturated rings. The molecular formula is C12H12ClN3O5. The molecule has 1 aromatic rings. The lowest BCUT2D eigenvalue weighted by Gasteiger charge is -2.21. The number of aliphatic carboxylic acids is 1. The number of hydrogen-bond acceptors (Lipinski definition) is 4. The zero-order valence-electron chi connectivity index (χ0n) is 10.7. The molecule has 112 valence electrons. The van der Waals surface area contributed by atoms with Crippen LogP contribution in [-0.4, -0.2) is 36.2 Å². The number of ether oxygens (including phenoxy) is 1. The molecule has 2 rings (SSSR count). The third kappa shape index (κ3) is 3.99. The summed E-state index contributed by atoms with van der Waals surface area (Å²) in [4.78, 5) is 33.3. The minimum Gasteiger partial charge on any atom is -0.481 e. The van der Waals surface area contributed by atoms with Crippen LogP contribution in [0.25, 0.3) is 0 Å². The molecule has 0 radical (unpaired) electrons. The topological polar surface area (TPSA) is 117 Å². The highest BCUT2D eigenvalue weighted by Crippen LogP contribution is 2.38. The zero-order chi connectivity index (χ0) is 15.4. The summed E-state index contributed by atoms with van der Waals surface area (Å²) in [7, 11) is 0. The first-order valence-corrected chi connectivity index (χ1v) is 6.36. The van der Waals surface area contributed by atoms with Crippen molar-refractivity contribution in [2.75, 3.05) is 23.8 Å². The van der Waals surface area contributed by atoms with Crippen molar-refractivity contribution in [1.82, 2.24) is 5.32 Å². The van der Waals surface area contributed by atoms with Gasteiger partial charge in [0.25, 0.3) is 5.91 Å². The number of carboxylic acid groups (broad SMARTS) is 1. The van der Waals surface area contributed by atoms with E-state index >= 15 is 0 Å². The van der Waals surface area contributed by atoms with E-state index in [1.807, 2.05) is 0 Å². The molecule has 1 aromatic carbocycles. The molecular weight excluding hydrogens is 302 g/mol. The Morgan fingerprint density at radius 2 is 2.19 bits per heavy atom. The van der Waals surface area contributed by atoms with Gasteiger partial charge in [0.05, 0.1) is 17.8 Å². The Morgan fingerprint density at radius 3 is 2.90 bits per heavy atom. The first kappa shape index (κ1) is 14.9. The van der Waals surface area contributed by atoms with E-state index in [4.69, 9.17) is 21.4 Å². The van der Waals surface area contributed by atoms with Gasteiger partial charge in [-0.1, -0.05) is 11.6 Å². The molecule has 3 amide bonds. The molecule has 0 spiro atoms. The molecule has 21 heavy (non-hydrogen) atoms. The number of hydrogen-bond donors (Lipinski definition) is 4. The number of carbonyl (C=O) groups excluding carboxylic acids is 2. The molecule has 0 aromatic heterocycles. The number of carbonyl (C=O) groups is 3. The van der Waals surface area contributed by atoms with Crippen LogP contribution in [0.1, 0.15) is 6.42 Å². The molecule has 1 aliphatic rings. The van der Waals surface area contributed by atoms with Crippen molar-refractivity contribution in [2.45, 2.75) is 6.42 Å². The second-order valence-corrected chi connectivity index (χ2v) is 4.63. The summed E-state index contributed by atoms with van der Waals surface area (Å²) in [5.74, 6) is -1.03. The van der Waals surface area contributed by atoms with Crippen molar-refractivity contribution in [3.8, 4) is 5.75 Å². The van der Waals surface area contributed by atoms with Crippen LogP contribution < -0.4 is 20.7 Å². The highest BCUT2D eigenvalue weighted by molar-refractivity contribution is 6.31. The molecule has 1 heterocycles. The molecule has 4 N–H and O–H groups in total. The summed E-state index contributed by atoms with van der Waals surface area (Å²) < 4.78 is 5.26. The van der Waals surface area contributed by atoms with Crippen molar-refractivity contribution in [3.63, 3.8) is 0 Å². The predicted octanol–water partition coefficient (Wildman–Crippen LogP) is 1.27. The molecule has 1 aliphatic heterocycles. The largest absolute Gasteiger partial charge is 0.481 e. The molecule has 0 aliphatic carbocycles. The molecule has 0 atom stereocenters. The SMILES string of the molecule is O=C(O)CCNC(=O)Nc1cc(Cl)cc2c1OCC(=O)N2. The van der Waals surface area contributed by atoms with E-state index in [-0.39, 0.29) is 31.2 Å². The summed E-state index contributed by atoms with van der Waals surface area (Å²) in [5.41, 5.74) is 0.643. The van der Waals surface area contributed by atoms with Gasteiger partial charge >= 0.3 is 12.0 Å². The molecule has 0 bridgehead atoms. The number of anilines is 2. The van der Waals surface area contributed by atoms with Crippen LogP contribution >= 0.6 is 11.6 Å². The predicted molar refractivity (Wildman–Crippen MR) is 74.9 cm³/mol. The van der Waals surface area contributed by atoms with Gasteiger partial charge in [-0.3, -0.25) is 9.59 Å². The Hall–Kier alpha value is -2.48. The van der Waals surface area contributed by atoms with Gasteiger partial charge in [-0.25, -0.2) is 4.79 Å². The third-order valence-corrected chi connectivity index (χ3v) is 2.77. The Kier molecular flexibility index (Phi) is 4.49. The minimum atomic E-state index is -1.01. The van der Waals surface area contributed by atoms with Crippen LogP contribution in [0.4, 0.5) is 16.2 Å². The van der Waals surface area contributed by atoms with Crippen LogP contribution in [-0.2, 0) is 9.59 Å². The van der Waals surface area contributed by atoms with E-state index in [1.165, 1.54) is 12.1 Å². The Balaban J connectivity index is 2.08. The van der Waals surface area contributed by atoms with Gasteiger partial charge in [0.15, 0.2) is 12.4 Å². The van der Waals surface area contributed by atoms with Gasteiger partial charge in [-0.2, -0.15) is 0 Å². The lowest BCUT2D eigenvalue weighted by molar-refractivity contribution is -0.136. The monoisotopic (exact) mass is 313 g/mol. The molecule has 8 nitrogen and oxygen atoms in total. The number of halogens is 1. The number of rotatable bonds is 4. The summed E-state index contributed by atoms with van der Waals surface area (Å²) >= 11 is 5.90. The van der Waals surface area contributed by atoms with Crippen molar-refractivity contribution in [1.29, 1.82) is 0 Å². The van der Waals surface area contributed by atoms with E-state index in [9.17, 15) is 14.4 Å². The van der Waals surface area contributed by atoms with E-state index in [2.05, 4.69) is 16.0 Å². The number of fused-ring (bicyclic) bond motifs is 1. The second-order valence-electron chi connectivity index (χ2n) is 4.19. The highest BCUT2D eigenvalue weighted by Gasteiger charge is 2.21. The summed E-state index contributed by atoms with van der Waals surface area (Å²) in [6.07, 6.45) is -0.187. The standard InChI is InChI=1S/C12H12ClN3O5/c13-6-3-7-11(21-5-9(17)15-7)8(4-6)16-12(20)14-2-1-10(18)19/h3-4H,1-2,5H2,(H,15,17)(H,18,19)(H2,14,16,20). The van der Waals surface area contributed by atoms with Crippen molar-refractivity contribution in [3.05, 3.63) is 17.2 Å². The molecule has 9 heteroatoms. The van der Waals surface area contributed by atoms with Gasteiger partial charge in [-0.05, 0) is 12.1 Å². The fourth-order valence-electron chi connectivity index (χ4n) is 1.71. The van der Waals surface area contributed by atoms with Crippen molar-refractivity contribution < 1.29 is 24.2 Å². The van der Waals surface area contributed by atoms with E-state index in [0.29, 0.717) is 16.5 Å². The van der Waals surface area contributed by atoms with Crippen LogP contribution in [0.3, 0.4) is 0 Å². The van der Waals surface area contributed by atoms with Crippen LogP contribution in [0.5, 0.6) is 5.75 Å². The molecule has 0 unspecified atom stereocenters. The first-order chi connectivity index (χ1) is 9.95. The quantitative estimate of drug-likeness (QED) is 0.668. The number of benzene rings is 1. The maximum Gasteiger partial charge on any atom is 0.319 e. The third-order valence-electron chi connectivity index (χ3n) is 2.55. The zero-order valence-corrected chi connectivity index (χ0v) is 11.5. The fraction of sp³-hybridized carbons (Fsp3) is 0.250. The van der Waals surface area contributed by atoms with Gasteiger partial charge in [0.1, 0.15) is 0 Å².